The molecule has 1 heterocycles. The second kappa shape index (κ2) is 11.7. The first-order valence-corrected chi connectivity index (χ1v) is 8.34. The van der Waals surface area contributed by atoms with Gasteiger partial charge in [0.2, 0.25) is 0 Å². The minimum absolute atomic E-state index is 0. The van der Waals surface area contributed by atoms with E-state index in [1.165, 1.54) is 0 Å². The zero-order valence-corrected chi connectivity index (χ0v) is 17.4. The van der Waals surface area contributed by atoms with E-state index in [-0.39, 0.29) is 24.0 Å². The molecule has 0 radical (unpaired) electrons. The van der Waals surface area contributed by atoms with Gasteiger partial charge in [0.15, 0.2) is 5.96 Å². The van der Waals surface area contributed by atoms with Gasteiger partial charge in [0, 0.05) is 18.8 Å². The summed E-state index contributed by atoms with van der Waals surface area (Å²) in [5, 5.41) is 6.56. The second-order valence-electron chi connectivity index (χ2n) is 5.75. The summed E-state index contributed by atoms with van der Waals surface area (Å²) in [6, 6.07) is 14.2. The molecule has 0 spiro atoms. The Kier molecular flexibility index (Phi) is 9.91. The molecule has 0 unspecified atom stereocenters. The summed E-state index contributed by atoms with van der Waals surface area (Å²) >= 11 is 0. The van der Waals surface area contributed by atoms with Gasteiger partial charge in [0.05, 0.1) is 12.2 Å². The first-order chi connectivity index (χ1) is 11.7. The van der Waals surface area contributed by atoms with Gasteiger partial charge in [0.25, 0.3) is 0 Å². The molecule has 0 saturated carbocycles. The van der Waals surface area contributed by atoms with Gasteiger partial charge in [-0.1, -0.05) is 18.2 Å². The van der Waals surface area contributed by atoms with Crippen molar-refractivity contribution in [2.75, 3.05) is 6.54 Å². The SMILES string of the molecule is CCNC(=NCc1cccc(OCc2ccccn2)c1)NC(C)C.I. The van der Waals surface area contributed by atoms with Crippen LogP contribution in [0.2, 0.25) is 0 Å². The van der Waals surface area contributed by atoms with Gasteiger partial charge in [-0.3, -0.25) is 4.98 Å². The summed E-state index contributed by atoms with van der Waals surface area (Å²) in [5.74, 6) is 1.66. The van der Waals surface area contributed by atoms with E-state index in [9.17, 15) is 0 Å². The lowest BCUT2D eigenvalue weighted by molar-refractivity contribution is 0.301. The van der Waals surface area contributed by atoms with Gasteiger partial charge in [-0.15, -0.1) is 24.0 Å². The Morgan fingerprint density at radius 1 is 1.20 bits per heavy atom. The molecule has 5 nitrogen and oxygen atoms in total. The molecule has 0 saturated heterocycles. The van der Waals surface area contributed by atoms with E-state index < -0.39 is 0 Å². The van der Waals surface area contributed by atoms with Crippen molar-refractivity contribution in [3.8, 4) is 5.75 Å². The molecule has 0 fully saturated rings. The predicted octanol–water partition coefficient (Wildman–Crippen LogP) is 3.74. The van der Waals surface area contributed by atoms with Crippen molar-refractivity contribution >= 4 is 29.9 Å². The molecule has 2 rings (SSSR count). The summed E-state index contributed by atoms with van der Waals surface area (Å²) in [4.78, 5) is 8.87. The molecular formula is C19H27IN4O. The lowest BCUT2D eigenvalue weighted by Crippen LogP contribution is -2.40. The highest BCUT2D eigenvalue weighted by molar-refractivity contribution is 14.0. The molecule has 2 aromatic rings. The number of benzene rings is 1. The molecule has 6 heteroatoms. The highest BCUT2D eigenvalue weighted by atomic mass is 127. The minimum atomic E-state index is 0. The summed E-state index contributed by atoms with van der Waals surface area (Å²) in [7, 11) is 0. The summed E-state index contributed by atoms with van der Waals surface area (Å²) in [6.07, 6.45) is 1.77. The number of nitrogens with one attached hydrogen (secondary N) is 2. The molecular weight excluding hydrogens is 427 g/mol. The van der Waals surface area contributed by atoms with Crippen LogP contribution in [0.1, 0.15) is 32.0 Å². The number of nitrogens with zero attached hydrogens (tertiary/aromatic N) is 2. The predicted molar refractivity (Wildman–Crippen MR) is 114 cm³/mol. The van der Waals surface area contributed by atoms with E-state index in [1.807, 2.05) is 36.4 Å². The highest BCUT2D eigenvalue weighted by Gasteiger charge is 2.01. The molecule has 0 amide bonds. The van der Waals surface area contributed by atoms with Crippen molar-refractivity contribution < 1.29 is 4.74 Å². The van der Waals surface area contributed by atoms with Gasteiger partial charge in [0.1, 0.15) is 12.4 Å². The van der Waals surface area contributed by atoms with Crippen LogP contribution in [0.4, 0.5) is 0 Å². The molecule has 0 bridgehead atoms. The summed E-state index contributed by atoms with van der Waals surface area (Å²) < 4.78 is 5.81. The fraction of sp³-hybridized carbons (Fsp3) is 0.368. The average Bonchev–Trinajstić information content (AvgIpc) is 2.59. The van der Waals surface area contributed by atoms with Gasteiger partial charge >= 0.3 is 0 Å². The van der Waals surface area contributed by atoms with Crippen molar-refractivity contribution in [1.29, 1.82) is 0 Å². The van der Waals surface area contributed by atoms with Crippen LogP contribution in [0.3, 0.4) is 0 Å². The monoisotopic (exact) mass is 454 g/mol. The van der Waals surface area contributed by atoms with Gasteiger partial charge in [-0.2, -0.15) is 0 Å². The maximum atomic E-state index is 5.81. The van der Waals surface area contributed by atoms with Crippen molar-refractivity contribution in [2.24, 2.45) is 4.99 Å². The third-order valence-electron chi connectivity index (χ3n) is 3.20. The molecule has 0 aliphatic heterocycles. The van der Waals surface area contributed by atoms with Crippen LogP contribution in [0.25, 0.3) is 0 Å². The fourth-order valence-corrected chi connectivity index (χ4v) is 2.14. The molecule has 2 N–H and O–H groups in total. The number of ether oxygens (including phenoxy) is 1. The van der Waals surface area contributed by atoms with E-state index in [2.05, 4.69) is 47.4 Å². The lowest BCUT2D eigenvalue weighted by atomic mass is 10.2. The van der Waals surface area contributed by atoms with Crippen molar-refractivity contribution in [3.63, 3.8) is 0 Å². The molecule has 1 aromatic heterocycles. The number of rotatable bonds is 7. The van der Waals surface area contributed by atoms with E-state index in [4.69, 9.17) is 4.74 Å². The van der Waals surface area contributed by atoms with Crippen LogP contribution >= 0.6 is 24.0 Å². The molecule has 0 aliphatic carbocycles. The average molecular weight is 454 g/mol. The summed E-state index contributed by atoms with van der Waals surface area (Å²) in [6.45, 7) is 8.15. The Bertz CT molecular complexity index is 647. The zero-order chi connectivity index (χ0) is 17.2. The smallest absolute Gasteiger partial charge is 0.191 e. The van der Waals surface area contributed by atoms with Crippen LogP contribution in [0.5, 0.6) is 5.75 Å². The second-order valence-corrected chi connectivity index (χ2v) is 5.75. The third-order valence-corrected chi connectivity index (χ3v) is 3.20. The van der Waals surface area contributed by atoms with Crippen LogP contribution in [0.15, 0.2) is 53.7 Å². The molecule has 25 heavy (non-hydrogen) atoms. The maximum absolute atomic E-state index is 5.81. The minimum Gasteiger partial charge on any atom is -0.487 e. The fourth-order valence-electron chi connectivity index (χ4n) is 2.14. The quantitative estimate of drug-likeness (QED) is 0.380. The molecule has 0 atom stereocenters. The number of aromatic nitrogens is 1. The maximum Gasteiger partial charge on any atom is 0.191 e. The Morgan fingerprint density at radius 2 is 2.04 bits per heavy atom. The number of aliphatic imine (C=N–C) groups is 1. The number of hydrogen-bond donors (Lipinski definition) is 2. The number of halogens is 1. The number of hydrogen-bond acceptors (Lipinski definition) is 3. The third kappa shape index (κ3) is 8.20. The normalized spacial score (nSPS) is 11.0. The van der Waals surface area contributed by atoms with Crippen LogP contribution < -0.4 is 15.4 Å². The van der Waals surface area contributed by atoms with E-state index in [0.717, 1.165) is 29.5 Å². The van der Waals surface area contributed by atoms with E-state index in [0.29, 0.717) is 19.2 Å². The van der Waals surface area contributed by atoms with Crippen LogP contribution in [-0.4, -0.2) is 23.5 Å². The first-order valence-electron chi connectivity index (χ1n) is 8.34. The van der Waals surface area contributed by atoms with Crippen molar-refractivity contribution in [3.05, 3.63) is 59.9 Å². The topological polar surface area (TPSA) is 58.5 Å². The Balaban J connectivity index is 0.00000312. The Hall–Kier alpha value is -1.83. The molecule has 136 valence electrons. The van der Waals surface area contributed by atoms with Gasteiger partial charge < -0.3 is 15.4 Å². The van der Waals surface area contributed by atoms with E-state index in [1.54, 1.807) is 6.20 Å². The van der Waals surface area contributed by atoms with Crippen molar-refractivity contribution in [1.82, 2.24) is 15.6 Å². The van der Waals surface area contributed by atoms with Crippen LogP contribution in [-0.2, 0) is 13.2 Å². The molecule has 1 aromatic carbocycles. The standard InChI is InChI=1S/C19H26N4O.HI/c1-4-20-19(23-15(2)3)22-13-16-8-7-10-18(12-16)24-14-17-9-5-6-11-21-17;/h5-12,15H,4,13-14H2,1-3H3,(H2,20,22,23);1H. The van der Waals surface area contributed by atoms with E-state index >= 15 is 0 Å². The molecule has 0 aliphatic rings. The highest BCUT2D eigenvalue weighted by Crippen LogP contribution is 2.15. The van der Waals surface area contributed by atoms with Crippen molar-refractivity contribution in [2.45, 2.75) is 40.0 Å². The Labute approximate surface area is 167 Å². The summed E-state index contributed by atoms with van der Waals surface area (Å²) in [5.41, 5.74) is 2.02. The number of guanidine groups is 1. The lowest BCUT2D eigenvalue weighted by Gasteiger charge is -2.14. The number of pyridine rings is 1. The van der Waals surface area contributed by atoms with Gasteiger partial charge in [-0.05, 0) is 50.6 Å². The van der Waals surface area contributed by atoms with Gasteiger partial charge in [-0.25, -0.2) is 4.99 Å². The largest absolute Gasteiger partial charge is 0.487 e. The first kappa shape index (κ1) is 21.2. The zero-order valence-electron chi connectivity index (χ0n) is 15.0. The Morgan fingerprint density at radius 3 is 2.72 bits per heavy atom. The van der Waals surface area contributed by atoms with Crippen LogP contribution in [0, 0.1) is 0 Å².